The van der Waals surface area contributed by atoms with Crippen LogP contribution in [0.25, 0.3) is 0 Å². The summed E-state index contributed by atoms with van der Waals surface area (Å²) in [5.41, 5.74) is 0. The molecule has 6 nitrogen and oxygen atoms in total. The Morgan fingerprint density at radius 3 is 2.24 bits per heavy atom. The molecule has 1 N–H and O–H groups in total. The molecule has 96 valence electrons. The monoisotopic (exact) mass is 242 g/mol. The van der Waals surface area contributed by atoms with Crippen molar-refractivity contribution in [2.45, 2.75) is 18.9 Å². The Labute approximate surface area is 100 Å². The van der Waals surface area contributed by atoms with Crippen LogP contribution < -0.4 is 0 Å². The van der Waals surface area contributed by atoms with Gasteiger partial charge in [0, 0.05) is 32.2 Å². The number of methoxy groups -OCH3 is 1. The van der Waals surface area contributed by atoms with E-state index >= 15 is 0 Å². The van der Waals surface area contributed by atoms with Gasteiger partial charge in [0.1, 0.15) is 0 Å². The van der Waals surface area contributed by atoms with E-state index in [1.165, 1.54) is 12.0 Å². The Kier molecular flexibility index (Phi) is 3.51. The molecule has 0 radical (unpaired) electrons. The fourth-order valence-corrected chi connectivity index (χ4v) is 2.52. The molecule has 0 aromatic carbocycles. The molecule has 6 heteroatoms. The summed E-state index contributed by atoms with van der Waals surface area (Å²) >= 11 is 0. The maximum atomic E-state index is 11.2. The van der Waals surface area contributed by atoms with Crippen LogP contribution in [0.5, 0.6) is 0 Å². The quantitative estimate of drug-likeness (QED) is 0.702. The molecule has 17 heavy (non-hydrogen) atoms. The van der Waals surface area contributed by atoms with Crippen LogP contribution in [0.2, 0.25) is 0 Å². The van der Waals surface area contributed by atoms with Crippen LogP contribution in [0.15, 0.2) is 0 Å². The minimum Gasteiger partial charge on any atom is -0.469 e. The number of carbonyl (C=O) groups is 2. The first-order valence-corrected chi connectivity index (χ1v) is 5.91. The van der Waals surface area contributed by atoms with Crippen LogP contribution in [-0.4, -0.2) is 66.3 Å². The fraction of sp³-hybridized carbons (Fsp3) is 0.818. The Morgan fingerprint density at radius 2 is 1.76 bits per heavy atom. The number of amides is 1. The van der Waals surface area contributed by atoms with Gasteiger partial charge in [-0.1, -0.05) is 0 Å². The third-order valence-electron chi connectivity index (χ3n) is 3.75. The van der Waals surface area contributed by atoms with Gasteiger partial charge in [0.2, 0.25) is 0 Å². The smallest absolute Gasteiger partial charge is 0.407 e. The molecule has 1 aliphatic heterocycles. The standard InChI is InChI=1S/C11H18N2O4/c1-17-10(14)8-6-9(7-8)12-2-4-13(5-3-12)11(15)16/h8-9H,2-7H2,1H3,(H,15,16). The lowest BCUT2D eigenvalue weighted by Crippen LogP contribution is -2.55. The average Bonchev–Trinajstić information content (AvgIpc) is 2.27. The summed E-state index contributed by atoms with van der Waals surface area (Å²) in [5, 5.41) is 8.83. The van der Waals surface area contributed by atoms with E-state index < -0.39 is 6.09 Å². The number of carboxylic acid groups (broad SMARTS) is 1. The molecule has 0 unspecified atom stereocenters. The Morgan fingerprint density at radius 1 is 1.18 bits per heavy atom. The zero-order chi connectivity index (χ0) is 12.4. The summed E-state index contributed by atoms with van der Waals surface area (Å²) in [4.78, 5) is 25.7. The van der Waals surface area contributed by atoms with Gasteiger partial charge in [-0.05, 0) is 12.8 Å². The van der Waals surface area contributed by atoms with Crippen molar-refractivity contribution >= 4 is 12.1 Å². The van der Waals surface area contributed by atoms with Crippen LogP contribution in [0, 0.1) is 5.92 Å². The summed E-state index contributed by atoms with van der Waals surface area (Å²) in [5.74, 6) is -0.0760. The van der Waals surface area contributed by atoms with E-state index in [-0.39, 0.29) is 11.9 Å². The number of piperazine rings is 1. The SMILES string of the molecule is COC(=O)C1CC(N2CCN(C(=O)O)CC2)C1. The van der Waals surface area contributed by atoms with Crippen molar-refractivity contribution in [3.63, 3.8) is 0 Å². The van der Waals surface area contributed by atoms with Crippen LogP contribution in [-0.2, 0) is 9.53 Å². The van der Waals surface area contributed by atoms with E-state index in [1.54, 1.807) is 0 Å². The normalized spacial score (nSPS) is 29.6. The molecule has 2 rings (SSSR count). The molecule has 0 aromatic heterocycles. The number of nitrogens with zero attached hydrogens (tertiary/aromatic N) is 2. The highest BCUT2D eigenvalue weighted by Crippen LogP contribution is 2.33. The molecule has 1 heterocycles. The zero-order valence-electron chi connectivity index (χ0n) is 9.96. The molecule has 0 atom stereocenters. The van der Waals surface area contributed by atoms with Crippen molar-refractivity contribution in [1.29, 1.82) is 0 Å². The number of hydrogen-bond donors (Lipinski definition) is 1. The summed E-state index contributed by atoms with van der Waals surface area (Å²) in [6.07, 6.45) is 0.852. The van der Waals surface area contributed by atoms with Crippen LogP contribution >= 0.6 is 0 Å². The van der Waals surface area contributed by atoms with E-state index in [2.05, 4.69) is 4.90 Å². The number of carbonyl (C=O) groups excluding carboxylic acids is 1. The highest BCUT2D eigenvalue weighted by molar-refractivity contribution is 5.73. The number of ether oxygens (including phenoxy) is 1. The summed E-state index contributed by atoms with van der Waals surface area (Å²) in [6.45, 7) is 2.67. The van der Waals surface area contributed by atoms with Gasteiger partial charge in [0.25, 0.3) is 0 Å². The average molecular weight is 242 g/mol. The number of hydrogen-bond acceptors (Lipinski definition) is 4. The van der Waals surface area contributed by atoms with E-state index in [9.17, 15) is 9.59 Å². The maximum absolute atomic E-state index is 11.2. The summed E-state index contributed by atoms with van der Waals surface area (Å²) in [7, 11) is 1.42. The number of esters is 1. The van der Waals surface area contributed by atoms with E-state index in [0.29, 0.717) is 19.1 Å². The highest BCUT2D eigenvalue weighted by atomic mass is 16.5. The summed E-state index contributed by atoms with van der Waals surface area (Å²) in [6, 6.07) is 0.426. The Bertz CT molecular complexity index is 307. The molecular weight excluding hydrogens is 224 g/mol. The Balaban J connectivity index is 1.73. The van der Waals surface area contributed by atoms with Crippen LogP contribution in [0.1, 0.15) is 12.8 Å². The molecule has 2 fully saturated rings. The molecule has 2 aliphatic rings. The second-order valence-corrected chi connectivity index (χ2v) is 4.65. The first-order valence-electron chi connectivity index (χ1n) is 5.91. The largest absolute Gasteiger partial charge is 0.469 e. The van der Waals surface area contributed by atoms with Crippen molar-refractivity contribution in [2.75, 3.05) is 33.3 Å². The topological polar surface area (TPSA) is 70.1 Å². The zero-order valence-corrected chi connectivity index (χ0v) is 9.96. The van der Waals surface area contributed by atoms with Crippen molar-refractivity contribution in [3.8, 4) is 0 Å². The molecule has 1 aliphatic carbocycles. The molecule has 1 saturated heterocycles. The van der Waals surface area contributed by atoms with Crippen LogP contribution in [0.3, 0.4) is 0 Å². The van der Waals surface area contributed by atoms with Gasteiger partial charge in [-0.2, -0.15) is 0 Å². The first-order chi connectivity index (χ1) is 8.11. The van der Waals surface area contributed by atoms with E-state index in [4.69, 9.17) is 9.84 Å². The lowest BCUT2D eigenvalue weighted by molar-refractivity contribution is -0.151. The Hall–Kier alpha value is -1.30. The van der Waals surface area contributed by atoms with Gasteiger partial charge in [-0.25, -0.2) is 4.79 Å². The maximum Gasteiger partial charge on any atom is 0.407 e. The molecule has 0 spiro atoms. The molecular formula is C11H18N2O4. The molecule has 1 amide bonds. The van der Waals surface area contributed by atoms with Gasteiger partial charge in [0.15, 0.2) is 0 Å². The molecule has 0 bridgehead atoms. The van der Waals surface area contributed by atoms with Crippen molar-refractivity contribution in [1.82, 2.24) is 9.80 Å². The van der Waals surface area contributed by atoms with Gasteiger partial charge in [-0.3, -0.25) is 9.69 Å². The second-order valence-electron chi connectivity index (χ2n) is 4.65. The van der Waals surface area contributed by atoms with Crippen molar-refractivity contribution < 1.29 is 19.4 Å². The van der Waals surface area contributed by atoms with Gasteiger partial charge in [0.05, 0.1) is 13.0 Å². The predicted octanol–water partition coefficient (Wildman–Crippen LogP) is 0.234. The van der Waals surface area contributed by atoms with Gasteiger partial charge >= 0.3 is 12.1 Å². The molecule has 1 saturated carbocycles. The van der Waals surface area contributed by atoms with Crippen molar-refractivity contribution in [2.24, 2.45) is 5.92 Å². The lowest BCUT2D eigenvalue weighted by atomic mass is 9.79. The molecule has 0 aromatic rings. The summed E-state index contributed by atoms with van der Waals surface area (Å²) < 4.78 is 4.69. The lowest BCUT2D eigenvalue weighted by Gasteiger charge is -2.44. The van der Waals surface area contributed by atoms with Gasteiger partial charge in [-0.15, -0.1) is 0 Å². The van der Waals surface area contributed by atoms with Crippen LogP contribution in [0.4, 0.5) is 4.79 Å². The minimum atomic E-state index is -0.842. The predicted molar refractivity (Wildman–Crippen MR) is 59.7 cm³/mol. The third-order valence-corrected chi connectivity index (χ3v) is 3.75. The fourth-order valence-electron chi connectivity index (χ4n) is 2.52. The number of rotatable bonds is 2. The van der Waals surface area contributed by atoms with Crippen molar-refractivity contribution in [3.05, 3.63) is 0 Å². The van der Waals surface area contributed by atoms with E-state index in [1.807, 2.05) is 0 Å². The minimum absolute atomic E-state index is 0.0440. The van der Waals surface area contributed by atoms with Gasteiger partial charge < -0.3 is 14.7 Å². The van der Waals surface area contributed by atoms with E-state index in [0.717, 1.165) is 25.9 Å². The third kappa shape index (κ3) is 2.52. The highest BCUT2D eigenvalue weighted by Gasteiger charge is 2.39. The first kappa shape index (κ1) is 12.2. The second kappa shape index (κ2) is 4.91.